The maximum Gasteiger partial charge on any atom is 0.264 e. The number of aliphatic hydroxyl groups is 1. The van der Waals surface area contributed by atoms with Crippen molar-refractivity contribution < 1.29 is 27.8 Å². The van der Waals surface area contributed by atoms with E-state index in [2.05, 4.69) is 21.8 Å². The molecule has 0 saturated heterocycles. The lowest BCUT2D eigenvalue weighted by molar-refractivity contribution is 0.0455. The van der Waals surface area contributed by atoms with Crippen molar-refractivity contribution in [3.05, 3.63) is 70.3 Å². The Morgan fingerprint density at radius 3 is 2.82 bits per heavy atom. The van der Waals surface area contributed by atoms with Crippen LogP contribution in [0, 0.1) is 17.8 Å². The van der Waals surface area contributed by atoms with E-state index in [1.54, 1.807) is 18.2 Å². The lowest BCUT2D eigenvalue weighted by Crippen LogP contribution is -2.49. The van der Waals surface area contributed by atoms with E-state index in [9.17, 15) is 18.3 Å². The first kappa shape index (κ1) is 31.4. The number of amides is 1. The minimum Gasteiger partial charge on any atom is -0.490 e. The van der Waals surface area contributed by atoms with Crippen LogP contribution in [-0.4, -0.2) is 64.2 Å². The van der Waals surface area contributed by atoms with Crippen LogP contribution in [-0.2, 0) is 26.6 Å². The number of ether oxygens (including phenoxy) is 2. The number of halogens is 1. The summed E-state index contributed by atoms with van der Waals surface area (Å²) in [5.41, 5.74) is 3.27. The zero-order valence-corrected chi connectivity index (χ0v) is 27.1. The summed E-state index contributed by atoms with van der Waals surface area (Å²) in [7, 11) is -2.49. The molecule has 2 heterocycles. The van der Waals surface area contributed by atoms with Crippen molar-refractivity contribution in [3.8, 4) is 5.75 Å². The number of methoxy groups -OCH3 is 1. The normalized spacial score (nSPS) is 32.3. The average molecular weight is 643 g/mol. The van der Waals surface area contributed by atoms with Crippen molar-refractivity contribution in [1.82, 2.24) is 4.72 Å². The van der Waals surface area contributed by atoms with E-state index >= 15 is 0 Å². The summed E-state index contributed by atoms with van der Waals surface area (Å²) in [5.74, 6) is 0.105. The number of nitrogens with one attached hydrogen (secondary N) is 1. The van der Waals surface area contributed by atoms with Crippen molar-refractivity contribution >= 4 is 33.2 Å². The third-order valence-electron chi connectivity index (χ3n) is 10.4. The van der Waals surface area contributed by atoms with Crippen molar-refractivity contribution in [2.24, 2.45) is 17.8 Å². The van der Waals surface area contributed by atoms with Crippen LogP contribution < -0.4 is 14.4 Å². The first-order valence-electron chi connectivity index (χ1n) is 15.8. The maximum absolute atomic E-state index is 13.6. The number of aryl methyl sites for hydroxylation is 1. The molecule has 2 aromatic carbocycles. The monoisotopic (exact) mass is 642 g/mol. The number of anilines is 1. The molecule has 0 aromatic heterocycles. The highest BCUT2D eigenvalue weighted by atomic mass is 35.5. The van der Waals surface area contributed by atoms with Crippen LogP contribution in [0.5, 0.6) is 5.75 Å². The minimum atomic E-state index is -4.02. The summed E-state index contributed by atoms with van der Waals surface area (Å²) >= 11 is 6.40. The first-order valence-corrected chi connectivity index (χ1v) is 17.7. The Morgan fingerprint density at radius 2 is 2.05 bits per heavy atom. The van der Waals surface area contributed by atoms with E-state index in [0.717, 1.165) is 42.8 Å². The van der Waals surface area contributed by atoms with Gasteiger partial charge in [0.1, 0.15) is 5.75 Å². The smallest absolute Gasteiger partial charge is 0.264 e. The van der Waals surface area contributed by atoms with Gasteiger partial charge in [-0.2, -0.15) is 0 Å². The number of hydrogen-bond acceptors (Lipinski definition) is 7. The molecular weight excluding hydrogens is 600 g/mol. The molecule has 4 aliphatic rings. The number of allylic oxidation sites excluding steroid dienone is 1. The molecule has 10 heteroatoms. The van der Waals surface area contributed by atoms with Gasteiger partial charge in [0, 0.05) is 42.8 Å². The number of nitrogens with zero attached hydrogens (tertiary/aromatic N) is 1. The maximum atomic E-state index is 13.6. The summed E-state index contributed by atoms with van der Waals surface area (Å²) in [5, 5.41) is 11.1. The Kier molecular flexibility index (Phi) is 9.03. The van der Waals surface area contributed by atoms with E-state index in [-0.39, 0.29) is 41.8 Å². The summed E-state index contributed by atoms with van der Waals surface area (Å²) in [6.45, 7) is 3.99. The number of fused-ring (bicyclic) bond motifs is 4. The zero-order chi connectivity index (χ0) is 31.1. The fourth-order valence-electron chi connectivity index (χ4n) is 7.78. The van der Waals surface area contributed by atoms with E-state index < -0.39 is 27.3 Å². The summed E-state index contributed by atoms with van der Waals surface area (Å²) < 4.78 is 41.3. The van der Waals surface area contributed by atoms with Gasteiger partial charge < -0.3 is 19.5 Å². The number of benzene rings is 2. The summed E-state index contributed by atoms with van der Waals surface area (Å²) in [4.78, 5) is 15.9. The molecule has 0 unspecified atom stereocenters. The summed E-state index contributed by atoms with van der Waals surface area (Å²) in [6, 6.07) is 11.4. The molecule has 44 heavy (non-hydrogen) atoms. The second-order valence-corrected chi connectivity index (χ2v) is 15.6. The predicted molar refractivity (Wildman–Crippen MR) is 172 cm³/mol. The van der Waals surface area contributed by atoms with Gasteiger partial charge in [0.05, 0.1) is 23.6 Å². The van der Waals surface area contributed by atoms with Gasteiger partial charge in [-0.3, -0.25) is 4.79 Å². The Hall–Kier alpha value is -2.59. The SMILES string of the molecule is COCC[C@H]1[C@H](C)C/C=C\[C@@H](O)[C@@H]2CC[C@H]2CN2C[C@@]3(CCCc4cc(Cl)ccc43)COc3ccc(cc32)C(=O)NS1(=O)=O. The quantitative estimate of drug-likeness (QED) is 0.440. The molecule has 8 nitrogen and oxygen atoms in total. The van der Waals surface area contributed by atoms with E-state index in [1.807, 2.05) is 25.1 Å². The highest BCUT2D eigenvalue weighted by molar-refractivity contribution is 7.90. The van der Waals surface area contributed by atoms with Crippen LogP contribution in [0.4, 0.5) is 5.69 Å². The molecule has 2 aliphatic heterocycles. The number of sulfonamides is 1. The average Bonchev–Trinajstić information content (AvgIpc) is 3.11. The fourth-order valence-corrected chi connectivity index (χ4v) is 9.63. The number of hydrogen-bond donors (Lipinski definition) is 2. The van der Waals surface area contributed by atoms with Crippen LogP contribution >= 0.6 is 11.6 Å². The molecular formula is C34H43ClN2O6S. The predicted octanol–water partition coefficient (Wildman–Crippen LogP) is 5.26. The van der Waals surface area contributed by atoms with E-state index in [0.29, 0.717) is 31.9 Å². The Morgan fingerprint density at radius 1 is 1.20 bits per heavy atom. The third-order valence-corrected chi connectivity index (χ3v) is 12.6. The van der Waals surface area contributed by atoms with Gasteiger partial charge in [0.2, 0.25) is 10.0 Å². The van der Waals surface area contributed by atoms with Gasteiger partial charge in [-0.05, 0) is 104 Å². The standard InChI is InChI=1S/C34H43ClN2O6S/c1-22-5-3-7-30(38)27-11-8-25(27)19-37-20-34(15-4-6-23-17-26(35)10-12-28(23)34)21-43-31-13-9-24(18-29(31)37)33(39)36-44(40,41)32(22)14-16-42-2/h3,7,9-10,12-13,17-18,22,25,27,30,32,38H,4-6,8,11,14-16,19-21H2,1-2H3,(H,36,39)/b7-3-/t22-,25+,27-,30-,32+,34+/m1/s1. The lowest BCUT2D eigenvalue weighted by atomic mass is 9.68. The number of rotatable bonds is 3. The molecule has 2 N–H and O–H groups in total. The first-order chi connectivity index (χ1) is 21.1. The van der Waals surface area contributed by atoms with Crippen molar-refractivity contribution in [3.63, 3.8) is 0 Å². The van der Waals surface area contributed by atoms with Gasteiger partial charge in [0.15, 0.2) is 0 Å². The molecule has 6 atom stereocenters. The van der Waals surface area contributed by atoms with Gasteiger partial charge >= 0.3 is 0 Å². The molecule has 1 spiro atoms. The number of aliphatic hydroxyl groups excluding tert-OH is 1. The number of carbonyl (C=O) groups excluding carboxylic acids is 1. The molecule has 2 aliphatic carbocycles. The third kappa shape index (κ3) is 6.13. The molecule has 0 radical (unpaired) electrons. The van der Waals surface area contributed by atoms with Crippen LogP contribution in [0.15, 0.2) is 48.6 Å². The van der Waals surface area contributed by atoms with E-state index in [1.165, 1.54) is 18.2 Å². The van der Waals surface area contributed by atoms with Crippen LogP contribution in [0.3, 0.4) is 0 Å². The Bertz CT molecular complexity index is 1530. The summed E-state index contributed by atoms with van der Waals surface area (Å²) in [6.07, 6.45) is 8.72. The lowest BCUT2D eigenvalue weighted by Gasteiger charge is -2.45. The van der Waals surface area contributed by atoms with Gasteiger partial charge in [0.25, 0.3) is 5.91 Å². The Balaban J connectivity index is 1.41. The highest BCUT2D eigenvalue weighted by Crippen LogP contribution is 2.46. The van der Waals surface area contributed by atoms with Gasteiger partial charge in [-0.25, -0.2) is 13.1 Å². The van der Waals surface area contributed by atoms with Gasteiger partial charge in [-0.15, -0.1) is 0 Å². The van der Waals surface area contributed by atoms with Crippen molar-refractivity contribution in [2.75, 3.05) is 38.3 Å². The fraction of sp³-hybridized carbons (Fsp3) is 0.559. The molecule has 2 aromatic rings. The van der Waals surface area contributed by atoms with Crippen LogP contribution in [0.2, 0.25) is 5.02 Å². The van der Waals surface area contributed by atoms with E-state index in [4.69, 9.17) is 21.1 Å². The molecule has 1 amide bonds. The molecule has 1 fully saturated rings. The van der Waals surface area contributed by atoms with Crippen molar-refractivity contribution in [1.29, 1.82) is 0 Å². The van der Waals surface area contributed by atoms with Crippen LogP contribution in [0.25, 0.3) is 0 Å². The minimum absolute atomic E-state index is 0.106. The molecule has 238 valence electrons. The van der Waals surface area contributed by atoms with Crippen LogP contribution in [0.1, 0.15) is 66.9 Å². The molecule has 6 rings (SSSR count). The zero-order valence-electron chi connectivity index (χ0n) is 25.5. The topological polar surface area (TPSA) is 105 Å². The molecule has 1 saturated carbocycles. The molecule has 2 bridgehead atoms. The Labute approximate surface area is 265 Å². The van der Waals surface area contributed by atoms with Gasteiger partial charge in [-0.1, -0.05) is 36.7 Å². The van der Waals surface area contributed by atoms with Crippen molar-refractivity contribution in [2.45, 2.75) is 68.6 Å². The second-order valence-electron chi connectivity index (χ2n) is 13.2. The number of carbonyl (C=O) groups is 1. The largest absolute Gasteiger partial charge is 0.490 e. The second kappa shape index (κ2) is 12.7. The highest BCUT2D eigenvalue weighted by Gasteiger charge is 2.44.